The molecule has 0 spiro atoms. The lowest BCUT2D eigenvalue weighted by Gasteiger charge is -2.27. The van der Waals surface area contributed by atoms with Crippen LogP contribution < -0.4 is 5.56 Å². The van der Waals surface area contributed by atoms with Gasteiger partial charge in [0.2, 0.25) is 0 Å². The number of hydrogen-bond donors (Lipinski definition) is 0. The summed E-state index contributed by atoms with van der Waals surface area (Å²) in [6, 6.07) is 7.60. The van der Waals surface area contributed by atoms with E-state index in [9.17, 15) is 4.79 Å². The number of aromatic nitrogens is 2. The molecule has 0 saturated carbocycles. The number of hydrogen-bond acceptors (Lipinski definition) is 5. The predicted octanol–water partition coefficient (Wildman–Crippen LogP) is 2.01. The fourth-order valence-corrected chi connectivity index (χ4v) is 3.76. The van der Waals surface area contributed by atoms with Crippen LogP contribution >= 0.6 is 0 Å². The van der Waals surface area contributed by atoms with Crippen LogP contribution in [0.25, 0.3) is 10.8 Å². The van der Waals surface area contributed by atoms with Crippen LogP contribution in [0, 0.1) is 0 Å². The third-order valence-electron chi connectivity index (χ3n) is 5.07. The molecular formula is C19H25N3O3. The van der Waals surface area contributed by atoms with Gasteiger partial charge in [-0.05, 0) is 31.7 Å². The van der Waals surface area contributed by atoms with E-state index in [4.69, 9.17) is 9.47 Å². The number of nitrogens with zero attached hydrogens (tertiary/aromatic N) is 3. The molecule has 25 heavy (non-hydrogen) atoms. The second kappa shape index (κ2) is 7.64. The highest BCUT2D eigenvalue weighted by Gasteiger charge is 2.24. The summed E-state index contributed by atoms with van der Waals surface area (Å²) < 4.78 is 13.2. The fraction of sp³-hybridized carbons (Fsp3) is 0.579. The Morgan fingerprint density at radius 1 is 1.08 bits per heavy atom. The first-order valence-electron chi connectivity index (χ1n) is 9.20. The van der Waals surface area contributed by atoms with Gasteiger partial charge in [-0.2, -0.15) is 5.10 Å². The molecule has 2 aliphatic heterocycles. The molecule has 4 rings (SSSR count). The van der Waals surface area contributed by atoms with Crippen molar-refractivity contribution in [2.45, 2.75) is 44.6 Å². The van der Waals surface area contributed by atoms with Gasteiger partial charge in [0.15, 0.2) is 0 Å². The number of fused-ring (bicyclic) bond motifs is 1. The molecule has 2 aliphatic rings. The Labute approximate surface area is 147 Å². The fourth-order valence-electron chi connectivity index (χ4n) is 3.76. The van der Waals surface area contributed by atoms with Crippen molar-refractivity contribution < 1.29 is 9.47 Å². The first kappa shape index (κ1) is 16.7. The first-order chi connectivity index (χ1) is 12.3. The van der Waals surface area contributed by atoms with E-state index in [0.29, 0.717) is 12.1 Å². The monoisotopic (exact) mass is 343 g/mol. The maximum Gasteiger partial charge on any atom is 0.275 e. The van der Waals surface area contributed by atoms with Crippen LogP contribution in [-0.4, -0.2) is 53.2 Å². The summed E-state index contributed by atoms with van der Waals surface area (Å²) in [5.74, 6) is 0. The molecule has 3 heterocycles. The van der Waals surface area contributed by atoms with Crippen molar-refractivity contribution in [1.29, 1.82) is 0 Å². The Bertz CT molecular complexity index is 746. The lowest BCUT2D eigenvalue weighted by Crippen LogP contribution is -2.41. The molecule has 0 aliphatic carbocycles. The molecule has 2 aromatic rings. The van der Waals surface area contributed by atoms with Gasteiger partial charge in [0.05, 0.1) is 30.5 Å². The topological polar surface area (TPSA) is 56.6 Å². The Morgan fingerprint density at radius 3 is 2.40 bits per heavy atom. The summed E-state index contributed by atoms with van der Waals surface area (Å²) in [4.78, 5) is 15.0. The standard InChI is InChI=1S/C19H25N3O3/c23-19-18-8-2-1-5-15(18)11-20-22(19)14-21(12-16-6-3-9-24-16)13-17-7-4-10-25-17/h1-2,5,8,11,16-17H,3-4,6-7,9-10,12-14H2/t16-,17-/m0/s1. The zero-order chi connectivity index (χ0) is 17.1. The Hall–Kier alpha value is -1.76. The van der Waals surface area contributed by atoms with E-state index in [0.717, 1.165) is 57.4 Å². The Balaban J connectivity index is 1.54. The van der Waals surface area contributed by atoms with Crippen molar-refractivity contribution >= 4 is 10.8 Å². The van der Waals surface area contributed by atoms with Gasteiger partial charge in [0.25, 0.3) is 5.56 Å². The minimum Gasteiger partial charge on any atom is -0.377 e. The molecule has 0 N–H and O–H groups in total. The van der Waals surface area contributed by atoms with Crippen molar-refractivity contribution in [3.8, 4) is 0 Å². The average Bonchev–Trinajstić information content (AvgIpc) is 3.32. The van der Waals surface area contributed by atoms with Crippen LogP contribution in [0.5, 0.6) is 0 Å². The maximum atomic E-state index is 12.7. The Kier molecular flexibility index (Phi) is 5.10. The van der Waals surface area contributed by atoms with Crippen LogP contribution in [0.2, 0.25) is 0 Å². The smallest absolute Gasteiger partial charge is 0.275 e. The molecule has 0 unspecified atom stereocenters. The summed E-state index contributed by atoms with van der Waals surface area (Å²) in [6.45, 7) is 3.80. The zero-order valence-corrected chi connectivity index (χ0v) is 14.5. The quantitative estimate of drug-likeness (QED) is 0.803. The summed E-state index contributed by atoms with van der Waals surface area (Å²) in [7, 11) is 0. The zero-order valence-electron chi connectivity index (χ0n) is 14.5. The van der Waals surface area contributed by atoms with Gasteiger partial charge in [0, 0.05) is 31.7 Å². The minimum atomic E-state index is -0.0391. The van der Waals surface area contributed by atoms with Gasteiger partial charge in [-0.25, -0.2) is 4.68 Å². The van der Waals surface area contributed by atoms with Crippen LogP contribution in [-0.2, 0) is 16.1 Å². The van der Waals surface area contributed by atoms with E-state index in [2.05, 4.69) is 10.00 Å². The van der Waals surface area contributed by atoms with Gasteiger partial charge >= 0.3 is 0 Å². The Morgan fingerprint density at radius 2 is 1.76 bits per heavy atom. The normalized spacial score (nSPS) is 23.7. The minimum absolute atomic E-state index is 0.0391. The van der Waals surface area contributed by atoms with E-state index in [1.165, 1.54) is 0 Å². The maximum absolute atomic E-state index is 12.7. The highest BCUT2D eigenvalue weighted by Crippen LogP contribution is 2.17. The van der Waals surface area contributed by atoms with Crippen LogP contribution in [0.4, 0.5) is 0 Å². The van der Waals surface area contributed by atoms with Crippen LogP contribution in [0.15, 0.2) is 35.3 Å². The molecule has 6 nitrogen and oxygen atoms in total. The molecule has 134 valence electrons. The summed E-state index contributed by atoms with van der Waals surface area (Å²) >= 11 is 0. The molecule has 0 radical (unpaired) electrons. The third kappa shape index (κ3) is 3.92. The van der Waals surface area contributed by atoms with Crippen molar-refractivity contribution in [3.63, 3.8) is 0 Å². The van der Waals surface area contributed by atoms with Crippen LogP contribution in [0.1, 0.15) is 25.7 Å². The van der Waals surface area contributed by atoms with Crippen LogP contribution in [0.3, 0.4) is 0 Å². The SMILES string of the molecule is O=c1c2ccccc2cnn1CN(C[C@@H]1CCCO1)C[C@@H]1CCCO1. The van der Waals surface area contributed by atoms with Gasteiger partial charge in [0.1, 0.15) is 0 Å². The molecule has 2 atom stereocenters. The van der Waals surface area contributed by atoms with Crippen molar-refractivity contribution in [1.82, 2.24) is 14.7 Å². The molecule has 1 aromatic heterocycles. The number of ether oxygens (including phenoxy) is 2. The highest BCUT2D eigenvalue weighted by molar-refractivity contribution is 5.80. The highest BCUT2D eigenvalue weighted by atomic mass is 16.5. The molecular weight excluding hydrogens is 318 g/mol. The summed E-state index contributed by atoms with van der Waals surface area (Å²) in [5.41, 5.74) is -0.0391. The summed E-state index contributed by atoms with van der Waals surface area (Å²) in [5, 5.41) is 5.97. The van der Waals surface area contributed by atoms with Crippen molar-refractivity contribution in [2.24, 2.45) is 0 Å². The molecule has 6 heteroatoms. The lowest BCUT2D eigenvalue weighted by molar-refractivity contribution is 0.0231. The largest absolute Gasteiger partial charge is 0.377 e. The number of benzene rings is 1. The van der Waals surface area contributed by atoms with E-state index in [-0.39, 0.29) is 17.8 Å². The number of rotatable bonds is 6. The summed E-state index contributed by atoms with van der Waals surface area (Å²) in [6.07, 6.45) is 6.67. The lowest BCUT2D eigenvalue weighted by atomic mass is 10.2. The second-order valence-electron chi connectivity index (χ2n) is 6.98. The van der Waals surface area contributed by atoms with E-state index in [1.807, 2.05) is 24.3 Å². The predicted molar refractivity (Wildman–Crippen MR) is 95.5 cm³/mol. The van der Waals surface area contributed by atoms with E-state index >= 15 is 0 Å². The first-order valence-corrected chi connectivity index (χ1v) is 9.20. The molecule has 2 saturated heterocycles. The van der Waals surface area contributed by atoms with Gasteiger partial charge in [-0.15, -0.1) is 0 Å². The molecule has 2 fully saturated rings. The van der Waals surface area contributed by atoms with Gasteiger partial charge in [-0.3, -0.25) is 9.69 Å². The molecule has 1 aromatic carbocycles. The van der Waals surface area contributed by atoms with E-state index < -0.39 is 0 Å². The van der Waals surface area contributed by atoms with Crippen molar-refractivity contribution in [3.05, 3.63) is 40.8 Å². The van der Waals surface area contributed by atoms with Gasteiger partial charge in [-0.1, -0.05) is 18.2 Å². The molecule has 0 bridgehead atoms. The molecule has 0 amide bonds. The second-order valence-corrected chi connectivity index (χ2v) is 6.98. The average molecular weight is 343 g/mol. The van der Waals surface area contributed by atoms with Gasteiger partial charge < -0.3 is 9.47 Å². The van der Waals surface area contributed by atoms with E-state index in [1.54, 1.807) is 10.9 Å². The van der Waals surface area contributed by atoms with Crippen molar-refractivity contribution in [2.75, 3.05) is 26.3 Å². The third-order valence-corrected chi connectivity index (χ3v) is 5.07.